The summed E-state index contributed by atoms with van der Waals surface area (Å²) in [6, 6.07) is -1.36. The van der Waals surface area contributed by atoms with Gasteiger partial charge in [-0.1, -0.05) is 44.6 Å². The van der Waals surface area contributed by atoms with E-state index in [1.165, 1.54) is 17.5 Å². The Kier molecular flexibility index (Phi) is 10.6. The fourth-order valence-electron chi connectivity index (χ4n) is 4.46. The van der Waals surface area contributed by atoms with E-state index in [2.05, 4.69) is 28.9 Å². The van der Waals surface area contributed by atoms with Crippen LogP contribution in [0, 0.1) is 5.41 Å². The smallest absolute Gasteiger partial charge is 0.410 e. The maximum atomic E-state index is 13.7. The number of carbonyl (C=O) groups excluding carboxylic acids is 3. The van der Waals surface area contributed by atoms with Crippen LogP contribution in [0.5, 0.6) is 0 Å². The first-order valence-corrected chi connectivity index (χ1v) is 13.3. The monoisotopic (exact) mass is 504 g/mol. The molecular formula is C28H48N4O4. The maximum Gasteiger partial charge on any atom is 0.410 e. The van der Waals surface area contributed by atoms with Gasteiger partial charge >= 0.3 is 6.09 Å². The molecule has 8 heteroatoms. The predicted octanol–water partition coefficient (Wildman–Crippen LogP) is 4.02. The molecule has 0 aromatic heterocycles. The Balaban J connectivity index is 1.98. The summed E-state index contributed by atoms with van der Waals surface area (Å²) < 4.78 is 5.39. The number of nitrogens with zero attached hydrogens (tertiary/aromatic N) is 2. The second kappa shape index (κ2) is 12.7. The number of likely N-dealkylation sites (N-methyl/N-ethyl adjacent to an activating group) is 1. The summed E-state index contributed by atoms with van der Waals surface area (Å²) in [6.07, 6.45) is 11.1. The summed E-state index contributed by atoms with van der Waals surface area (Å²) >= 11 is 0. The summed E-state index contributed by atoms with van der Waals surface area (Å²) in [7, 11) is 1.54. The minimum atomic E-state index is -0.780. The molecule has 0 saturated carbocycles. The Morgan fingerprint density at radius 2 is 1.89 bits per heavy atom. The lowest BCUT2D eigenvalue weighted by Crippen LogP contribution is -2.59. The molecule has 0 radical (unpaired) electrons. The molecule has 1 aliphatic carbocycles. The molecule has 0 aromatic carbocycles. The number of allylic oxidation sites excluding steroid dienone is 3. The first-order valence-electron chi connectivity index (χ1n) is 13.3. The van der Waals surface area contributed by atoms with E-state index in [-0.39, 0.29) is 17.9 Å². The van der Waals surface area contributed by atoms with Crippen LogP contribution in [0.3, 0.4) is 0 Å². The Hall–Kier alpha value is -2.35. The van der Waals surface area contributed by atoms with Crippen molar-refractivity contribution in [3.05, 3.63) is 23.8 Å². The van der Waals surface area contributed by atoms with E-state index in [9.17, 15) is 14.4 Å². The normalized spacial score (nSPS) is 19.9. The molecule has 3 amide bonds. The number of hydrogen-bond donors (Lipinski definition) is 2. The molecule has 1 heterocycles. The van der Waals surface area contributed by atoms with Gasteiger partial charge in [-0.15, -0.1) is 0 Å². The van der Waals surface area contributed by atoms with Crippen molar-refractivity contribution in [1.82, 2.24) is 20.4 Å². The molecule has 204 valence electrons. The number of hydrogen-bond acceptors (Lipinski definition) is 5. The molecule has 1 saturated heterocycles. The molecular weight excluding hydrogens is 456 g/mol. The lowest BCUT2D eigenvalue weighted by molar-refractivity contribution is -0.141. The zero-order chi connectivity index (χ0) is 27.1. The highest BCUT2D eigenvalue weighted by atomic mass is 16.6. The summed E-state index contributed by atoms with van der Waals surface area (Å²) in [6.45, 7) is 15.2. The summed E-state index contributed by atoms with van der Waals surface area (Å²) in [4.78, 5) is 42.4. The molecule has 1 fully saturated rings. The highest BCUT2D eigenvalue weighted by Crippen LogP contribution is 2.26. The van der Waals surface area contributed by atoms with E-state index in [4.69, 9.17) is 4.74 Å². The lowest BCUT2D eigenvalue weighted by Gasteiger charge is -2.37. The standard InChI is InChI=1S/C28H48N4O4/c1-20(31(8)26(35)36-28(5,6)7)24(33)30-23(27(2,3)4)25(34)32-18-12-15-22(32)19-29-17-16-21-13-10-9-11-14-21/h9-10,13,20,22-23,29H,11-12,14-19H2,1-8H3,(H,30,33)/t20-,22-,23+/m0/s1. The average molecular weight is 505 g/mol. The van der Waals surface area contributed by atoms with Crippen molar-refractivity contribution in [3.63, 3.8) is 0 Å². The second-order valence-electron chi connectivity index (χ2n) is 12.1. The number of nitrogens with one attached hydrogen (secondary N) is 2. The zero-order valence-corrected chi connectivity index (χ0v) is 23.6. The molecule has 8 nitrogen and oxygen atoms in total. The average Bonchev–Trinajstić information content (AvgIpc) is 3.26. The molecule has 2 N–H and O–H groups in total. The first-order chi connectivity index (χ1) is 16.7. The fraction of sp³-hybridized carbons (Fsp3) is 0.750. The molecule has 36 heavy (non-hydrogen) atoms. The van der Waals surface area contributed by atoms with E-state index >= 15 is 0 Å². The number of likely N-dealkylation sites (tertiary alicyclic amines) is 1. The van der Waals surface area contributed by atoms with E-state index in [0.717, 1.165) is 45.2 Å². The topological polar surface area (TPSA) is 91.0 Å². The highest BCUT2D eigenvalue weighted by Gasteiger charge is 2.40. The van der Waals surface area contributed by atoms with Crippen LogP contribution in [-0.2, 0) is 14.3 Å². The third-order valence-electron chi connectivity index (χ3n) is 6.80. The van der Waals surface area contributed by atoms with Gasteiger partial charge in [0.2, 0.25) is 11.8 Å². The molecule has 2 rings (SSSR count). The van der Waals surface area contributed by atoms with Gasteiger partial charge in [-0.2, -0.15) is 0 Å². The number of rotatable bonds is 9. The summed E-state index contributed by atoms with van der Waals surface area (Å²) in [5, 5.41) is 6.49. The molecule has 0 spiro atoms. The Bertz CT molecular complexity index is 837. The molecule has 0 bridgehead atoms. The minimum absolute atomic E-state index is 0.0626. The van der Waals surface area contributed by atoms with Crippen LogP contribution in [0.1, 0.15) is 80.6 Å². The SMILES string of the molecule is C[C@@H](C(=O)N[C@H](C(=O)N1CCC[C@H]1CNCCC1=CC=CCC1)C(C)(C)C)N(C)C(=O)OC(C)(C)C. The summed E-state index contributed by atoms with van der Waals surface area (Å²) in [5.74, 6) is -0.437. The van der Waals surface area contributed by atoms with Gasteiger partial charge in [0.05, 0.1) is 0 Å². The van der Waals surface area contributed by atoms with Crippen LogP contribution in [0.25, 0.3) is 0 Å². The maximum absolute atomic E-state index is 13.7. The number of ether oxygens (including phenoxy) is 1. The Labute approximate surface area is 217 Å². The van der Waals surface area contributed by atoms with Crippen molar-refractivity contribution in [2.75, 3.05) is 26.7 Å². The van der Waals surface area contributed by atoms with Gasteiger partial charge in [0.25, 0.3) is 0 Å². The van der Waals surface area contributed by atoms with Crippen molar-refractivity contribution >= 4 is 17.9 Å². The van der Waals surface area contributed by atoms with E-state index in [1.807, 2.05) is 25.7 Å². The second-order valence-corrected chi connectivity index (χ2v) is 12.1. The quantitative estimate of drug-likeness (QED) is 0.463. The van der Waals surface area contributed by atoms with Gasteiger partial charge in [0.15, 0.2) is 0 Å². The van der Waals surface area contributed by atoms with Crippen molar-refractivity contribution < 1.29 is 19.1 Å². The van der Waals surface area contributed by atoms with Crippen LogP contribution in [-0.4, -0.2) is 78.1 Å². The Morgan fingerprint density at radius 3 is 2.47 bits per heavy atom. The van der Waals surface area contributed by atoms with Crippen LogP contribution in [0.15, 0.2) is 23.8 Å². The Morgan fingerprint density at radius 1 is 1.19 bits per heavy atom. The van der Waals surface area contributed by atoms with Gasteiger partial charge in [0, 0.05) is 26.2 Å². The fourth-order valence-corrected chi connectivity index (χ4v) is 4.46. The van der Waals surface area contributed by atoms with Gasteiger partial charge in [-0.05, 0) is 71.8 Å². The van der Waals surface area contributed by atoms with E-state index < -0.39 is 29.2 Å². The third kappa shape index (κ3) is 8.95. The number of amides is 3. The molecule has 2 aliphatic rings. The van der Waals surface area contributed by atoms with Gasteiger partial charge in [0.1, 0.15) is 17.7 Å². The van der Waals surface area contributed by atoms with E-state index in [0.29, 0.717) is 6.54 Å². The number of carbonyl (C=O) groups is 3. The first kappa shape index (κ1) is 29.9. The molecule has 0 unspecified atom stereocenters. The van der Waals surface area contributed by atoms with Crippen LogP contribution in [0.2, 0.25) is 0 Å². The highest BCUT2D eigenvalue weighted by molar-refractivity contribution is 5.91. The molecule has 1 aliphatic heterocycles. The largest absolute Gasteiger partial charge is 0.444 e. The predicted molar refractivity (Wildman–Crippen MR) is 144 cm³/mol. The van der Waals surface area contributed by atoms with Crippen molar-refractivity contribution in [2.24, 2.45) is 5.41 Å². The molecule has 3 atom stereocenters. The zero-order valence-electron chi connectivity index (χ0n) is 23.6. The summed E-state index contributed by atoms with van der Waals surface area (Å²) in [5.41, 5.74) is 0.318. The lowest BCUT2D eigenvalue weighted by atomic mass is 9.85. The van der Waals surface area contributed by atoms with Gasteiger partial charge in [-0.25, -0.2) is 4.79 Å². The minimum Gasteiger partial charge on any atom is -0.444 e. The van der Waals surface area contributed by atoms with Crippen LogP contribution in [0.4, 0.5) is 4.79 Å². The van der Waals surface area contributed by atoms with Gasteiger partial charge < -0.3 is 20.3 Å². The van der Waals surface area contributed by atoms with Gasteiger partial charge in [-0.3, -0.25) is 14.5 Å². The van der Waals surface area contributed by atoms with Crippen molar-refractivity contribution in [3.8, 4) is 0 Å². The van der Waals surface area contributed by atoms with Crippen LogP contribution >= 0.6 is 0 Å². The van der Waals surface area contributed by atoms with Crippen molar-refractivity contribution in [1.29, 1.82) is 0 Å². The third-order valence-corrected chi connectivity index (χ3v) is 6.80. The van der Waals surface area contributed by atoms with E-state index in [1.54, 1.807) is 27.7 Å². The van der Waals surface area contributed by atoms with Crippen molar-refractivity contribution in [2.45, 2.75) is 104 Å². The van der Waals surface area contributed by atoms with Crippen LogP contribution < -0.4 is 10.6 Å². The molecule has 0 aromatic rings.